The maximum absolute atomic E-state index is 11.4. The Kier molecular flexibility index (Phi) is 7.60. The molecule has 2 N–H and O–H groups in total. The van der Waals surface area contributed by atoms with Crippen molar-refractivity contribution in [1.29, 1.82) is 0 Å². The first kappa shape index (κ1) is 16.7. The van der Waals surface area contributed by atoms with Gasteiger partial charge in [0.2, 0.25) is 0 Å². The summed E-state index contributed by atoms with van der Waals surface area (Å²) in [4.78, 5) is 22.2. The molecule has 0 saturated carbocycles. The largest absolute Gasteiger partial charge is 0.481 e. The molecular weight excluding hydrogens is 274 g/mol. The van der Waals surface area contributed by atoms with Crippen molar-refractivity contribution < 1.29 is 24.2 Å². The number of hydrogen-bond acceptors (Lipinski definition) is 4. The van der Waals surface area contributed by atoms with Crippen LogP contribution in [0.3, 0.4) is 0 Å². The lowest BCUT2D eigenvalue weighted by atomic mass is 10.2. The molecule has 0 heterocycles. The van der Waals surface area contributed by atoms with Crippen molar-refractivity contribution in [1.82, 2.24) is 5.32 Å². The molecule has 6 heteroatoms. The standard InChI is InChI=1S/C15H19NO5/c1-2-8-21-15(19)16-13(9-14(17)18)11-20-10-12-6-4-3-5-7-12/h2-7,13H,1,8-11H2,(H,16,19)(H,17,18)/t13-/m1/s1. The first-order chi connectivity index (χ1) is 10.1. The summed E-state index contributed by atoms with van der Waals surface area (Å²) in [5, 5.41) is 11.3. The number of aliphatic carboxylic acids is 1. The molecule has 1 amide bonds. The van der Waals surface area contributed by atoms with Gasteiger partial charge in [-0.25, -0.2) is 4.79 Å². The molecule has 1 aromatic carbocycles. The molecule has 1 aromatic rings. The molecule has 0 saturated heterocycles. The molecule has 0 fully saturated rings. The maximum Gasteiger partial charge on any atom is 0.407 e. The van der Waals surface area contributed by atoms with Gasteiger partial charge in [0.25, 0.3) is 0 Å². The SMILES string of the molecule is C=CCOC(=O)N[C@@H](COCc1ccccc1)CC(=O)O. The highest BCUT2D eigenvalue weighted by Crippen LogP contribution is 2.02. The highest BCUT2D eigenvalue weighted by Gasteiger charge is 2.16. The van der Waals surface area contributed by atoms with Crippen molar-refractivity contribution in [2.75, 3.05) is 13.2 Å². The van der Waals surface area contributed by atoms with Crippen molar-refractivity contribution >= 4 is 12.1 Å². The number of carboxylic acids is 1. The van der Waals surface area contributed by atoms with Crippen molar-refractivity contribution in [2.24, 2.45) is 0 Å². The summed E-state index contributed by atoms with van der Waals surface area (Å²) in [5.41, 5.74) is 0.973. The van der Waals surface area contributed by atoms with E-state index in [4.69, 9.17) is 14.6 Å². The van der Waals surface area contributed by atoms with Gasteiger partial charge < -0.3 is 19.9 Å². The lowest BCUT2D eigenvalue weighted by Crippen LogP contribution is -2.40. The quantitative estimate of drug-likeness (QED) is 0.680. The lowest BCUT2D eigenvalue weighted by molar-refractivity contribution is -0.137. The van der Waals surface area contributed by atoms with Crippen molar-refractivity contribution in [3.63, 3.8) is 0 Å². The third-order valence-corrected chi connectivity index (χ3v) is 2.51. The highest BCUT2D eigenvalue weighted by atomic mass is 16.5. The number of rotatable bonds is 9. The van der Waals surface area contributed by atoms with E-state index in [1.165, 1.54) is 6.08 Å². The highest BCUT2D eigenvalue weighted by molar-refractivity contribution is 5.71. The zero-order chi connectivity index (χ0) is 15.5. The van der Waals surface area contributed by atoms with Gasteiger partial charge in [-0.3, -0.25) is 4.79 Å². The van der Waals surface area contributed by atoms with E-state index < -0.39 is 18.1 Å². The van der Waals surface area contributed by atoms with E-state index in [2.05, 4.69) is 11.9 Å². The molecule has 6 nitrogen and oxygen atoms in total. The van der Waals surface area contributed by atoms with Crippen molar-refractivity contribution in [3.05, 3.63) is 48.6 Å². The van der Waals surface area contributed by atoms with Crippen LogP contribution in [0.1, 0.15) is 12.0 Å². The molecule has 114 valence electrons. The van der Waals surface area contributed by atoms with Gasteiger partial charge in [0, 0.05) is 0 Å². The second-order valence-electron chi connectivity index (χ2n) is 4.33. The molecule has 0 aliphatic carbocycles. The summed E-state index contributed by atoms with van der Waals surface area (Å²) in [6.07, 6.45) is 0.500. The third kappa shape index (κ3) is 7.74. The zero-order valence-corrected chi connectivity index (χ0v) is 11.7. The predicted molar refractivity (Wildman–Crippen MR) is 76.8 cm³/mol. The molecule has 21 heavy (non-hydrogen) atoms. The van der Waals surface area contributed by atoms with Crippen LogP contribution in [-0.4, -0.2) is 36.4 Å². The summed E-state index contributed by atoms with van der Waals surface area (Å²) in [6.45, 7) is 3.92. The fourth-order valence-corrected chi connectivity index (χ4v) is 1.60. The van der Waals surface area contributed by atoms with Crippen molar-refractivity contribution in [2.45, 2.75) is 19.1 Å². The molecule has 0 aliphatic rings. The average Bonchev–Trinajstić information content (AvgIpc) is 2.45. The van der Waals surface area contributed by atoms with Gasteiger partial charge >= 0.3 is 12.1 Å². The summed E-state index contributed by atoms with van der Waals surface area (Å²) >= 11 is 0. The van der Waals surface area contributed by atoms with Crippen LogP contribution in [0, 0.1) is 0 Å². The van der Waals surface area contributed by atoms with Gasteiger partial charge in [0.15, 0.2) is 0 Å². The summed E-state index contributed by atoms with van der Waals surface area (Å²) < 4.78 is 10.2. The smallest absolute Gasteiger partial charge is 0.407 e. The third-order valence-electron chi connectivity index (χ3n) is 2.51. The number of nitrogens with one attached hydrogen (secondary N) is 1. The Morgan fingerprint density at radius 1 is 1.33 bits per heavy atom. The number of ether oxygens (including phenoxy) is 2. The molecular formula is C15H19NO5. The zero-order valence-electron chi connectivity index (χ0n) is 11.7. The van der Waals surface area contributed by atoms with E-state index >= 15 is 0 Å². The van der Waals surface area contributed by atoms with E-state index in [1.807, 2.05) is 30.3 Å². The Morgan fingerprint density at radius 3 is 2.67 bits per heavy atom. The number of carbonyl (C=O) groups excluding carboxylic acids is 1. The van der Waals surface area contributed by atoms with E-state index in [-0.39, 0.29) is 19.6 Å². The number of carbonyl (C=O) groups is 2. The van der Waals surface area contributed by atoms with E-state index in [9.17, 15) is 9.59 Å². The van der Waals surface area contributed by atoms with E-state index in [0.717, 1.165) is 5.56 Å². The molecule has 0 radical (unpaired) electrons. The van der Waals surface area contributed by atoms with Gasteiger partial charge in [0.1, 0.15) is 6.61 Å². The van der Waals surface area contributed by atoms with Gasteiger partial charge in [-0.1, -0.05) is 43.0 Å². The van der Waals surface area contributed by atoms with Crippen LogP contribution in [0.4, 0.5) is 4.79 Å². The van der Waals surface area contributed by atoms with Crippen molar-refractivity contribution in [3.8, 4) is 0 Å². The first-order valence-corrected chi connectivity index (χ1v) is 6.49. The second-order valence-corrected chi connectivity index (χ2v) is 4.33. The normalized spacial score (nSPS) is 11.4. The lowest BCUT2D eigenvalue weighted by Gasteiger charge is -2.16. The Hall–Kier alpha value is -2.34. The number of hydrogen-bond donors (Lipinski definition) is 2. The summed E-state index contributed by atoms with van der Waals surface area (Å²) in [6, 6.07) is 8.82. The molecule has 1 atom stereocenters. The van der Waals surface area contributed by atoms with Crippen LogP contribution < -0.4 is 5.32 Å². The molecule has 0 aromatic heterocycles. The molecule has 0 aliphatic heterocycles. The maximum atomic E-state index is 11.4. The van der Waals surface area contributed by atoms with Crippen LogP contribution in [0.15, 0.2) is 43.0 Å². The second kappa shape index (κ2) is 9.55. The average molecular weight is 293 g/mol. The fourth-order valence-electron chi connectivity index (χ4n) is 1.60. The monoisotopic (exact) mass is 293 g/mol. The molecule has 1 rings (SSSR count). The van der Waals surface area contributed by atoms with Gasteiger partial charge in [0.05, 0.1) is 25.7 Å². The van der Waals surface area contributed by atoms with E-state index in [1.54, 1.807) is 0 Å². The Bertz CT molecular complexity index is 460. The summed E-state index contributed by atoms with van der Waals surface area (Å²) in [7, 11) is 0. The number of carboxylic acid groups (broad SMARTS) is 1. The molecule has 0 bridgehead atoms. The fraction of sp³-hybridized carbons (Fsp3) is 0.333. The van der Waals surface area contributed by atoms with Crippen LogP contribution in [0.25, 0.3) is 0 Å². The minimum atomic E-state index is -1.02. The Morgan fingerprint density at radius 2 is 2.05 bits per heavy atom. The molecule has 0 unspecified atom stereocenters. The van der Waals surface area contributed by atoms with E-state index in [0.29, 0.717) is 6.61 Å². The number of alkyl carbamates (subject to hydrolysis) is 1. The number of benzene rings is 1. The Labute approximate surface area is 123 Å². The predicted octanol–water partition coefficient (Wildman–Crippen LogP) is 1.96. The number of amides is 1. The van der Waals surface area contributed by atoms with Crippen LogP contribution in [0.5, 0.6) is 0 Å². The minimum absolute atomic E-state index is 0.0660. The van der Waals surface area contributed by atoms with Gasteiger partial charge in [-0.05, 0) is 5.56 Å². The molecule has 0 spiro atoms. The summed E-state index contributed by atoms with van der Waals surface area (Å²) in [5.74, 6) is -1.02. The topological polar surface area (TPSA) is 84.9 Å². The van der Waals surface area contributed by atoms with Crippen LogP contribution in [-0.2, 0) is 20.9 Å². The van der Waals surface area contributed by atoms with Gasteiger partial charge in [-0.15, -0.1) is 0 Å². The van der Waals surface area contributed by atoms with Gasteiger partial charge in [-0.2, -0.15) is 0 Å². The Balaban J connectivity index is 2.40. The van der Waals surface area contributed by atoms with Crippen LogP contribution >= 0.6 is 0 Å². The minimum Gasteiger partial charge on any atom is -0.481 e. The van der Waals surface area contributed by atoms with Crippen LogP contribution in [0.2, 0.25) is 0 Å². The first-order valence-electron chi connectivity index (χ1n) is 6.49.